The molecule has 0 aliphatic heterocycles. The van der Waals surface area contributed by atoms with E-state index < -0.39 is 0 Å². The Kier molecular flexibility index (Phi) is 7.80. The molecule has 4 heteroatoms. The van der Waals surface area contributed by atoms with Crippen molar-refractivity contribution in [2.24, 2.45) is 17.6 Å². The van der Waals surface area contributed by atoms with E-state index in [9.17, 15) is 4.79 Å². The molecular formula is C13H27ClN2O. The first-order chi connectivity index (χ1) is 7.56. The van der Waals surface area contributed by atoms with Crippen molar-refractivity contribution in [2.75, 3.05) is 13.6 Å². The maximum atomic E-state index is 12.1. The first-order valence-corrected chi connectivity index (χ1v) is 6.53. The van der Waals surface area contributed by atoms with Crippen LogP contribution in [0.15, 0.2) is 0 Å². The van der Waals surface area contributed by atoms with Crippen LogP contribution in [0.5, 0.6) is 0 Å². The molecule has 2 unspecified atom stereocenters. The minimum atomic E-state index is 0. The Bertz CT molecular complexity index is 229. The Morgan fingerprint density at radius 3 is 2.35 bits per heavy atom. The van der Waals surface area contributed by atoms with Crippen molar-refractivity contribution in [1.29, 1.82) is 0 Å². The summed E-state index contributed by atoms with van der Waals surface area (Å²) in [5.41, 5.74) is 5.58. The van der Waals surface area contributed by atoms with Crippen LogP contribution in [0.4, 0.5) is 0 Å². The summed E-state index contributed by atoms with van der Waals surface area (Å²) >= 11 is 0. The van der Waals surface area contributed by atoms with Crippen molar-refractivity contribution in [3.63, 3.8) is 0 Å². The quantitative estimate of drug-likeness (QED) is 0.827. The van der Waals surface area contributed by atoms with Crippen molar-refractivity contribution in [1.82, 2.24) is 4.90 Å². The topological polar surface area (TPSA) is 46.3 Å². The molecule has 1 aliphatic carbocycles. The maximum absolute atomic E-state index is 12.1. The summed E-state index contributed by atoms with van der Waals surface area (Å²) in [5.74, 6) is 1.19. The van der Waals surface area contributed by atoms with Crippen molar-refractivity contribution >= 4 is 18.3 Å². The smallest absolute Gasteiger partial charge is 0.225 e. The second kappa shape index (κ2) is 7.93. The van der Waals surface area contributed by atoms with Crippen LogP contribution < -0.4 is 5.73 Å². The summed E-state index contributed by atoms with van der Waals surface area (Å²) in [6.07, 6.45) is 6.38. The van der Waals surface area contributed by atoms with Gasteiger partial charge in [0.25, 0.3) is 0 Å². The number of hydrogen-bond acceptors (Lipinski definition) is 2. The van der Waals surface area contributed by atoms with Gasteiger partial charge >= 0.3 is 0 Å². The normalized spacial score (nSPS) is 19.5. The zero-order valence-corrected chi connectivity index (χ0v) is 12.1. The number of nitrogens with two attached hydrogens (primary N) is 1. The van der Waals surface area contributed by atoms with Gasteiger partial charge in [0.1, 0.15) is 0 Å². The molecule has 0 bridgehead atoms. The van der Waals surface area contributed by atoms with E-state index in [0.29, 0.717) is 6.54 Å². The van der Waals surface area contributed by atoms with E-state index >= 15 is 0 Å². The molecule has 0 saturated heterocycles. The van der Waals surface area contributed by atoms with E-state index in [1.807, 2.05) is 14.0 Å². The molecule has 0 radical (unpaired) electrons. The van der Waals surface area contributed by atoms with E-state index in [-0.39, 0.29) is 30.3 Å². The van der Waals surface area contributed by atoms with Gasteiger partial charge in [-0.25, -0.2) is 0 Å². The van der Waals surface area contributed by atoms with E-state index in [2.05, 4.69) is 6.92 Å². The van der Waals surface area contributed by atoms with Crippen LogP contribution in [0.2, 0.25) is 0 Å². The Morgan fingerprint density at radius 2 is 1.88 bits per heavy atom. The van der Waals surface area contributed by atoms with Crippen LogP contribution in [-0.2, 0) is 4.79 Å². The number of hydrogen-bond donors (Lipinski definition) is 1. The lowest BCUT2D eigenvalue weighted by molar-refractivity contribution is -0.135. The molecule has 1 saturated carbocycles. The molecule has 1 rings (SSSR count). The minimum Gasteiger partial charge on any atom is -0.342 e. The average molecular weight is 263 g/mol. The fourth-order valence-electron chi connectivity index (χ4n) is 2.57. The van der Waals surface area contributed by atoms with Crippen molar-refractivity contribution in [2.45, 2.75) is 52.0 Å². The Hall–Kier alpha value is -0.280. The maximum Gasteiger partial charge on any atom is 0.225 e. The highest BCUT2D eigenvalue weighted by molar-refractivity contribution is 5.85. The molecule has 0 heterocycles. The first-order valence-electron chi connectivity index (χ1n) is 6.53. The molecule has 2 N–H and O–H groups in total. The van der Waals surface area contributed by atoms with Crippen LogP contribution in [0.25, 0.3) is 0 Å². The Labute approximate surface area is 112 Å². The lowest BCUT2D eigenvalue weighted by atomic mass is 9.93. The molecule has 0 aromatic heterocycles. The van der Waals surface area contributed by atoms with Crippen molar-refractivity contribution < 1.29 is 4.79 Å². The number of nitrogens with zero attached hydrogens (tertiary/aromatic N) is 1. The number of amides is 1. The predicted octanol–water partition coefficient (Wildman–Crippen LogP) is 2.43. The highest BCUT2D eigenvalue weighted by Gasteiger charge is 2.25. The van der Waals surface area contributed by atoms with Crippen molar-refractivity contribution in [3.8, 4) is 0 Å². The standard InChI is InChI=1S/C13H26N2O.ClH/c1-10(8-12-6-4-5-7-12)13(16)15(3)11(2)9-14;/h10-12H,4-9,14H2,1-3H3;1H. The monoisotopic (exact) mass is 262 g/mol. The molecule has 0 aromatic carbocycles. The number of rotatable bonds is 5. The van der Waals surface area contributed by atoms with Gasteiger partial charge in [0.05, 0.1) is 0 Å². The fraction of sp³-hybridized carbons (Fsp3) is 0.923. The van der Waals surface area contributed by atoms with Gasteiger partial charge in [-0.15, -0.1) is 12.4 Å². The second-order valence-electron chi connectivity index (χ2n) is 5.32. The van der Waals surface area contributed by atoms with E-state index in [0.717, 1.165) is 12.3 Å². The van der Waals surface area contributed by atoms with Gasteiger partial charge in [0.15, 0.2) is 0 Å². The molecule has 2 atom stereocenters. The molecule has 3 nitrogen and oxygen atoms in total. The van der Waals surface area contributed by atoms with Crippen LogP contribution >= 0.6 is 12.4 Å². The largest absolute Gasteiger partial charge is 0.342 e. The number of carbonyl (C=O) groups excluding carboxylic acids is 1. The zero-order chi connectivity index (χ0) is 12.1. The lowest BCUT2D eigenvalue weighted by Gasteiger charge is -2.27. The summed E-state index contributed by atoms with van der Waals surface area (Å²) in [4.78, 5) is 13.9. The van der Waals surface area contributed by atoms with Crippen LogP contribution in [0.3, 0.4) is 0 Å². The van der Waals surface area contributed by atoms with Gasteiger partial charge < -0.3 is 10.6 Å². The number of halogens is 1. The summed E-state index contributed by atoms with van der Waals surface area (Å²) < 4.78 is 0. The molecule has 102 valence electrons. The SMILES string of the molecule is CC(CC1CCCC1)C(=O)N(C)C(C)CN.Cl. The van der Waals surface area contributed by atoms with Crippen LogP contribution in [-0.4, -0.2) is 30.4 Å². The minimum absolute atomic E-state index is 0. The predicted molar refractivity (Wildman–Crippen MR) is 74.3 cm³/mol. The third kappa shape index (κ3) is 4.84. The number of likely N-dealkylation sites (N-methyl/N-ethyl adjacent to an activating group) is 1. The van der Waals surface area contributed by atoms with E-state index in [4.69, 9.17) is 5.73 Å². The third-order valence-corrected chi connectivity index (χ3v) is 3.93. The Morgan fingerprint density at radius 1 is 1.35 bits per heavy atom. The van der Waals surface area contributed by atoms with Gasteiger partial charge in [0.2, 0.25) is 5.91 Å². The first kappa shape index (κ1) is 16.7. The Balaban J connectivity index is 0.00000256. The van der Waals surface area contributed by atoms with Gasteiger partial charge in [0, 0.05) is 25.6 Å². The van der Waals surface area contributed by atoms with E-state index in [1.54, 1.807) is 4.90 Å². The van der Waals surface area contributed by atoms with Crippen LogP contribution in [0, 0.1) is 11.8 Å². The third-order valence-electron chi connectivity index (χ3n) is 3.93. The molecular weight excluding hydrogens is 236 g/mol. The lowest BCUT2D eigenvalue weighted by Crippen LogP contribution is -2.42. The van der Waals surface area contributed by atoms with Gasteiger partial charge in [-0.3, -0.25) is 4.79 Å². The molecule has 0 spiro atoms. The van der Waals surface area contributed by atoms with Gasteiger partial charge in [-0.05, 0) is 19.3 Å². The molecule has 1 amide bonds. The molecule has 17 heavy (non-hydrogen) atoms. The molecule has 0 aromatic rings. The highest BCUT2D eigenvalue weighted by Crippen LogP contribution is 2.30. The second-order valence-corrected chi connectivity index (χ2v) is 5.32. The zero-order valence-electron chi connectivity index (χ0n) is 11.3. The van der Waals surface area contributed by atoms with Crippen molar-refractivity contribution in [3.05, 3.63) is 0 Å². The summed E-state index contributed by atoms with van der Waals surface area (Å²) in [6.45, 7) is 4.60. The van der Waals surface area contributed by atoms with Gasteiger partial charge in [-0.1, -0.05) is 32.6 Å². The fourth-order valence-corrected chi connectivity index (χ4v) is 2.57. The number of carbonyl (C=O) groups is 1. The summed E-state index contributed by atoms with van der Waals surface area (Å²) in [7, 11) is 1.87. The average Bonchev–Trinajstić information content (AvgIpc) is 2.78. The van der Waals surface area contributed by atoms with Gasteiger partial charge in [-0.2, -0.15) is 0 Å². The molecule has 1 aliphatic rings. The highest BCUT2D eigenvalue weighted by atomic mass is 35.5. The molecule has 1 fully saturated rings. The van der Waals surface area contributed by atoms with Crippen LogP contribution in [0.1, 0.15) is 46.0 Å². The van der Waals surface area contributed by atoms with E-state index in [1.165, 1.54) is 25.7 Å². The summed E-state index contributed by atoms with van der Waals surface area (Å²) in [5, 5.41) is 0. The summed E-state index contributed by atoms with van der Waals surface area (Å²) in [6, 6.07) is 0.151.